The summed E-state index contributed by atoms with van der Waals surface area (Å²) in [6.07, 6.45) is 14.7. The maximum atomic E-state index is 8.74. The molecule has 0 aliphatic heterocycles. The van der Waals surface area contributed by atoms with Gasteiger partial charge in [-0.05, 0) is 6.42 Å². The van der Waals surface area contributed by atoms with Crippen molar-refractivity contribution in [3.8, 4) is 0 Å². The van der Waals surface area contributed by atoms with Crippen LogP contribution in [0, 0.1) is 0 Å². The minimum atomic E-state index is -4.67. The van der Waals surface area contributed by atoms with E-state index in [1.165, 1.54) is 63.9 Å². The van der Waals surface area contributed by atoms with Crippen LogP contribution in [0.4, 0.5) is 0 Å². The summed E-state index contributed by atoms with van der Waals surface area (Å²) in [5.41, 5.74) is 0. The van der Waals surface area contributed by atoms with Crippen LogP contribution in [-0.4, -0.2) is 70.5 Å². The molecule has 8 heteroatoms. The number of unbranched alkanes of at least 4 members (excludes halogenated alkanes) is 9. The van der Waals surface area contributed by atoms with Crippen LogP contribution in [0.1, 0.15) is 71.1 Å². The molecule has 0 spiro atoms. The van der Waals surface area contributed by atoms with Crippen LogP contribution in [0.2, 0.25) is 0 Å². The van der Waals surface area contributed by atoms with Crippen LogP contribution in [0.5, 0.6) is 0 Å². The SMILES string of the molecule is C=CCO.CCCCCCCCCCCCO.O=S(=O)(O)O.[NaH]. The Morgan fingerprint density at radius 3 is 1.30 bits per heavy atom. The molecule has 4 N–H and O–H groups in total. The Labute approximate surface area is 164 Å². The van der Waals surface area contributed by atoms with Crippen molar-refractivity contribution in [2.45, 2.75) is 71.1 Å². The number of hydrogen-bond donors (Lipinski definition) is 4. The molecule has 0 heterocycles. The zero-order valence-corrected chi connectivity index (χ0v) is 14.6. The molecule has 0 unspecified atom stereocenters. The summed E-state index contributed by atoms with van der Waals surface area (Å²) in [6, 6.07) is 0. The monoisotopic (exact) mass is 366 g/mol. The molecule has 0 atom stereocenters. The first kappa shape index (κ1) is 31.3. The van der Waals surface area contributed by atoms with E-state index >= 15 is 0 Å². The van der Waals surface area contributed by atoms with Gasteiger partial charge in [0.1, 0.15) is 0 Å². The summed E-state index contributed by atoms with van der Waals surface area (Å²) in [5, 5.41) is 16.3. The van der Waals surface area contributed by atoms with Gasteiger partial charge in [0.25, 0.3) is 0 Å². The van der Waals surface area contributed by atoms with Crippen molar-refractivity contribution in [1.82, 2.24) is 0 Å². The van der Waals surface area contributed by atoms with Gasteiger partial charge in [-0.25, -0.2) is 0 Å². The van der Waals surface area contributed by atoms with Gasteiger partial charge in [0.15, 0.2) is 0 Å². The zero-order valence-electron chi connectivity index (χ0n) is 13.8. The Kier molecular flexibility index (Phi) is 37.3. The van der Waals surface area contributed by atoms with E-state index in [1.54, 1.807) is 0 Å². The molecule has 0 saturated carbocycles. The standard InChI is InChI=1S/C12H26O.C3H6O.Na.H2O4S.H/c1-2-3-4-5-6-7-8-9-10-11-12-13;1-2-3-4;;1-5(2,3)4;/h13H,2-12H2,1H3;2,4H,1,3H2;;(H2,1,2,3,4);. The first-order chi connectivity index (χ1) is 10.3. The van der Waals surface area contributed by atoms with E-state index in [-0.39, 0.29) is 36.2 Å². The predicted octanol–water partition coefficient (Wildman–Crippen LogP) is 2.76. The van der Waals surface area contributed by atoms with Crippen LogP contribution in [-0.2, 0) is 10.4 Å². The normalized spacial score (nSPS) is 9.61. The number of rotatable bonds is 11. The fourth-order valence-electron chi connectivity index (χ4n) is 1.60. The molecule has 0 aliphatic carbocycles. The number of hydrogen-bond acceptors (Lipinski definition) is 4. The Hall–Kier alpha value is 0.530. The van der Waals surface area contributed by atoms with E-state index in [1.807, 2.05) is 0 Å². The fourth-order valence-corrected chi connectivity index (χ4v) is 1.60. The van der Waals surface area contributed by atoms with Gasteiger partial charge in [-0.15, -0.1) is 6.58 Å². The van der Waals surface area contributed by atoms with E-state index < -0.39 is 10.4 Å². The average molecular weight is 366 g/mol. The van der Waals surface area contributed by atoms with Gasteiger partial charge in [-0.1, -0.05) is 70.8 Å². The Balaban J connectivity index is -0.000000150. The zero-order chi connectivity index (χ0) is 17.7. The van der Waals surface area contributed by atoms with E-state index in [9.17, 15) is 0 Å². The summed E-state index contributed by atoms with van der Waals surface area (Å²) in [4.78, 5) is 0. The molecule has 0 radical (unpaired) electrons. The van der Waals surface area contributed by atoms with Crippen LogP contribution < -0.4 is 0 Å². The van der Waals surface area contributed by atoms with Crippen LogP contribution in [0.3, 0.4) is 0 Å². The van der Waals surface area contributed by atoms with Gasteiger partial charge in [0.2, 0.25) is 0 Å². The first-order valence-corrected chi connectivity index (χ1v) is 9.25. The van der Waals surface area contributed by atoms with E-state index in [2.05, 4.69) is 13.5 Å². The van der Waals surface area contributed by atoms with Crippen molar-refractivity contribution < 1.29 is 27.7 Å². The van der Waals surface area contributed by atoms with Crippen LogP contribution >= 0.6 is 0 Å². The van der Waals surface area contributed by atoms with Crippen molar-refractivity contribution in [3.05, 3.63) is 12.7 Å². The number of aliphatic hydroxyl groups is 2. The molecule has 0 saturated heterocycles. The van der Waals surface area contributed by atoms with Gasteiger partial charge in [0, 0.05) is 6.61 Å². The molecule has 23 heavy (non-hydrogen) atoms. The molecule has 6 nitrogen and oxygen atoms in total. The van der Waals surface area contributed by atoms with Crippen molar-refractivity contribution in [3.63, 3.8) is 0 Å². The topological polar surface area (TPSA) is 115 Å². The second-order valence-corrected chi connectivity index (χ2v) is 5.72. The molecule has 0 amide bonds. The molecule has 0 aromatic carbocycles. The van der Waals surface area contributed by atoms with Gasteiger partial charge in [-0.2, -0.15) is 8.42 Å². The molecule has 0 rings (SSSR count). The third-order valence-electron chi connectivity index (χ3n) is 2.64. The van der Waals surface area contributed by atoms with Crippen LogP contribution in [0.25, 0.3) is 0 Å². The Morgan fingerprint density at radius 2 is 1.09 bits per heavy atom. The summed E-state index contributed by atoms with van der Waals surface area (Å²) in [6.45, 7) is 5.94. The first-order valence-electron chi connectivity index (χ1n) is 7.85. The molecular weight excluding hydrogens is 331 g/mol. The van der Waals surface area contributed by atoms with Gasteiger partial charge in [0.05, 0.1) is 6.61 Å². The minimum absolute atomic E-state index is 0. The van der Waals surface area contributed by atoms with Gasteiger partial charge >= 0.3 is 40.0 Å². The molecule has 0 aromatic heterocycles. The molecule has 0 aromatic rings. The molecule has 0 aliphatic rings. The fraction of sp³-hybridized carbons (Fsp3) is 0.867. The van der Waals surface area contributed by atoms with Gasteiger partial charge in [-0.3, -0.25) is 9.11 Å². The Morgan fingerprint density at radius 1 is 0.826 bits per heavy atom. The van der Waals surface area contributed by atoms with Crippen molar-refractivity contribution in [2.24, 2.45) is 0 Å². The third kappa shape index (κ3) is 71.4. The summed E-state index contributed by atoms with van der Waals surface area (Å²) >= 11 is 0. The van der Waals surface area contributed by atoms with E-state index in [0.29, 0.717) is 6.61 Å². The van der Waals surface area contributed by atoms with Gasteiger partial charge < -0.3 is 10.2 Å². The maximum absolute atomic E-state index is 8.74. The van der Waals surface area contributed by atoms with Crippen LogP contribution in [0.15, 0.2) is 12.7 Å². The molecular formula is C15H35NaO6S. The van der Waals surface area contributed by atoms with Crippen molar-refractivity contribution >= 4 is 40.0 Å². The van der Waals surface area contributed by atoms with Crippen molar-refractivity contribution in [2.75, 3.05) is 13.2 Å². The summed E-state index contributed by atoms with van der Waals surface area (Å²) in [5.74, 6) is 0. The second kappa shape index (κ2) is 27.4. The third-order valence-corrected chi connectivity index (χ3v) is 2.64. The predicted molar refractivity (Wildman–Crippen MR) is 97.5 cm³/mol. The Bertz CT molecular complexity index is 278. The molecule has 0 bridgehead atoms. The van der Waals surface area contributed by atoms with E-state index in [4.69, 9.17) is 27.7 Å². The average Bonchev–Trinajstić information content (AvgIpc) is 2.44. The quantitative estimate of drug-likeness (QED) is 0.193. The van der Waals surface area contributed by atoms with Crippen molar-refractivity contribution in [1.29, 1.82) is 0 Å². The summed E-state index contributed by atoms with van der Waals surface area (Å²) < 4.78 is 31.6. The molecule has 138 valence electrons. The molecule has 0 fully saturated rings. The second-order valence-electron chi connectivity index (χ2n) is 4.82. The number of aliphatic hydroxyl groups excluding tert-OH is 2. The summed E-state index contributed by atoms with van der Waals surface area (Å²) in [7, 11) is -4.67. The van der Waals surface area contributed by atoms with E-state index in [0.717, 1.165) is 6.42 Å².